The molecule has 1 saturated carbocycles. The summed E-state index contributed by atoms with van der Waals surface area (Å²) in [5.41, 5.74) is 0.769. The lowest BCUT2D eigenvalue weighted by Crippen LogP contribution is -2.39. The Morgan fingerprint density at radius 2 is 2.17 bits per heavy atom. The van der Waals surface area contributed by atoms with E-state index < -0.39 is 13.0 Å². The molecule has 0 heterocycles. The molecule has 2 rings (SSSR count). The number of carbonyl (C=O) groups is 1. The molecular formula is C17H24F2N2O3. The minimum atomic E-state index is -2.52. The number of carbonyl (C=O) groups excluding carboxylic acids is 1. The molecule has 0 aromatic heterocycles. The van der Waals surface area contributed by atoms with E-state index in [2.05, 4.69) is 10.6 Å². The first-order valence-electron chi connectivity index (χ1n) is 8.22. The molecule has 3 N–H and O–H groups in total. The van der Waals surface area contributed by atoms with E-state index in [1.165, 1.54) is 0 Å². The van der Waals surface area contributed by atoms with Gasteiger partial charge in [-0.3, -0.25) is 0 Å². The molecule has 0 radical (unpaired) electrons. The summed E-state index contributed by atoms with van der Waals surface area (Å²) in [6.07, 6.45) is 0.790. The Morgan fingerprint density at radius 3 is 2.92 bits per heavy atom. The van der Waals surface area contributed by atoms with Crippen molar-refractivity contribution in [2.45, 2.75) is 44.8 Å². The highest BCUT2D eigenvalue weighted by Gasteiger charge is 2.20. The van der Waals surface area contributed by atoms with Crippen molar-refractivity contribution in [2.24, 2.45) is 5.92 Å². The predicted molar refractivity (Wildman–Crippen MR) is 86.1 cm³/mol. The fraction of sp³-hybridized carbons (Fsp3) is 0.588. The average Bonchev–Trinajstić information content (AvgIpc) is 2.57. The summed E-state index contributed by atoms with van der Waals surface area (Å²) >= 11 is 0. The zero-order valence-corrected chi connectivity index (χ0v) is 13.5. The quantitative estimate of drug-likeness (QED) is 0.713. The predicted octanol–water partition coefficient (Wildman–Crippen LogP) is 2.68. The number of alkyl halides is 2. The van der Waals surface area contributed by atoms with Gasteiger partial charge < -0.3 is 20.5 Å². The molecule has 0 aliphatic heterocycles. The standard InChI is InChI=1S/C17H24F2N2O3/c18-16(19)11-24-15-6-2-4-13(8-15)10-21-17(23)20-9-12-3-1-5-14(22)7-12/h2,4,6,8,12,14,16,22H,1,3,5,7,9-11H2,(H2,20,21,23). The maximum absolute atomic E-state index is 12.1. The molecule has 1 fully saturated rings. The highest BCUT2D eigenvalue weighted by molar-refractivity contribution is 5.73. The fourth-order valence-corrected chi connectivity index (χ4v) is 2.83. The lowest BCUT2D eigenvalue weighted by molar-refractivity contribution is 0.0818. The van der Waals surface area contributed by atoms with E-state index in [-0.39, 0.29) is 18.7 Å². The van der Waals surface area contributed by atoms with Crippen LogP contribution in [0, 0.1) is 5.92 Å². The van der Waals surface area contributed by atoms with Crippen molar-refractivity contribution < 1.29 is 23.4 Å². The number of amides is 2. The molecule has 24 heavy (non-hydrogen) atoms. The van der Waals surface area contributed by atoms with Gasteiger partial charge in [0, 0.05) is 13.1 Å². The molecule has 5 nitrogen and oxygen atoms in total. The monoisotopic (exact) mass is 342 g/mol. The second kappa shape index (κ2) is 9.42. The number of urea groups is 1. The van der Waals surface area contributed by atoms with E-state index in [1.54, 1.807) is 24.3 Å². The van der Waals surface area contributed by atoms with E-state index >= 15 is 0 Å². The van der Waals surface area contributed by atoms with Crippen LogP contribution in [0.1, 0.15) is 31.2 Å². The second-order valence-electron chi connectivity index (χ2n) is 6.10. The maximum atomic E-state index is 12.1. The number of hydrogen-bond acceptors (Lipinski definition) is 3. The van der Waals surface area contributed by atoms with Crippen LogP contribution in [0.3, 0.4) is 0 Å². The van der Waals surface area contributed by atoms with Crippen LogP contribution in [0.25, 0.3) is 0 Å². The molecule has 1 aliphatic carbocycles. The largest absolute Gasteiger partial charge is 0.488 e. The lowest BCUT2D eigenvalue weighted by Gasteiger charge is -2.25. The van der Waals surface area contributed by atoms with Crippen LogP contribution in [-0.2, 0) is 6.54 Å². The first-order valence-corrected chi connectivity index (χ1v) is 8.22. The summed E-state index contributed by atoms with van der Waals surface area (Å²) < 4.78 is 29.2. The van der Waals surface area contributed by atoms with Gasteiger partial charge in [-0.15, -0.1) is 0 Å². The molecule has 134 valence electrons. The Bertz CT molecular complexity index is 528. The van der Waals surface area contributed by atoms with Crippen LogP contribution in [0.4, 0.5) is 13.6 Å². The first kappa shape index (κ1) is 18.4. The Morgan fingerprint density at radius 1 is 1.33 bits per heavy atom. The molecule has 2 amide bonds. The summed E-state index contributed by atoms with van der Waals surface area (Å²) in [7, 11) is 0. The minimum absolute atomic E-state index is 0.260. The van der Waals surface area contributed by atoms with E-state index in [0.29, 0.717) is 18.2 Å². The van der Waals surface area contributed by atoms with Crippen LogP contribution in [0.5, 0.6) is 5.75 Å². The fourth-order valence-electron chi connectivity index (χ4n) is 2.83. The highest BCUT2D eigenvalue weighted by atomic mass is 19.3. The third-order valence-corrected chi connectivity index (χ3v) is 4.03. The van der Waals surface area contributed by atoms with E-state index in [1.807, 2.05) is 0 Å². The molecule has 2 atom stereocenters. The van der Waals surface area contributed by atoms with Gasteiger partial charge in [-0.25, -0.2) is 13.6 Å². The van der Waals surface area contributed by atoms with Crippen LogP contribution >= 0.6 is 0 Å². The number of rotatable bonds is 7. The highest BCUT2D eigenvalue weighted by Crippen LogP contribution is 2.23. The Hall–Kier alpha value is -1.89. The molecule has 0 bridgehead atoms. The van der Waals surface area contributed by atoms with Gasteiger partial charge in [0.1, 0.15) is 12.4 Å². The average molecular weight is 342 g/mol. The molecule has 2 unspecified atom stereocenters. The summed E-state index contributed by atoms with van der Waals surface area (Å²) in [6, 6.07) is 6.42. The number of halogens is 2. The molecular weight excluding hydrogens is 318 g/mol. The molecule has 0 spiro atoms. The van der Waals surface area contributed by atoms with Crippen LogP contribution < -0.4 is 15.4 Å². The summed E-state index contributed by atoms with van der Waals surface area (Å²) in [4.78, 5) is 11.8. The number of ether oxygens (including phenoxy) is 1. The molecule has 1 aromatic carbocycles. The van der Waals surface area contributed by atoms with Gasteiger partial charge in [0.05, 0.1) is 6.10 Å². The number of aliphatic hydroxyl groups is 1. The van der Waals surface area contributed by atoms with Crippen molar-refractivity contribution in [3.05, 3.63) is 29.8 Å². The normalized spacial score (nSPS) is 20.7. The van der Waals surface area contributed by atoms with Crippen molar-refractivity contribution in [3.8, 4) is 5.75 Å². The van der Waals surface area contributed by atoms with Crippen molar-refractivity contribution in [1.29, 1.82) is 0 Å². The first-order chi connectivity index (χ1) is 11.5. The molecule has 7 heteroatoms. The zero-order valence-electron chi connectivity index (χ0n) is 13.5. The van der Waals surface area contributed by atoms with Gasteiger partial charge in [0.2, 0.25) is 0 Å². The number of nitrogens with one attached hydrogen (secondary N) is 2. The van der Waals surface area contributed by atoms with E-state index in [0.717, 1.165) is 31.2 Å². The number of aliphatic hydroxyl groups excluding tert-OH is 1. The zero-order chi connectivity index (χ0) is 17.4. The SMILES string of the molecule is O=C(NCc1cccc(OCC(F)F)c1)NCC1CCCC(O)C1. The van der Waals surface area contributed by atoms with Gasteiger partial charge >= 0.3 is 6.03 Å². The van der Waals surface area contributed by atoms with Crippen molar-refractivity contribution in [3.63, 3.8) is 0 Å². The van der Waals surface area contributed by atoms with Crippen LogP contribution in [0.2, 0.25) is 0 Å². The topological polar surface area (TPSA) is 70.6 Å². The third-order valence-electron chi connectivity index (χ3n) is 4.03. The Kier molecular flexibility index (Phi) is 7.24. The van der Waals surface area contributed by atoms with Crippen LogP contribution in [-0.4, -0.2) is 36.8 Å². The van der Waals surface area contributed by atoms with Crippen molar-refractivity contribution in [1.82, 2.24) is 10.6 Å². The van der Waals surface area contributed by atoms with Crippen molar-refractivity contribution in [2.75, 3.05) is 13.2 Å². The van der Waals surface area contributed by atoms with Gasteiger partial charge in [-0.05, 0) is 42.9 Å². The number of benzene rings is 1. The van der Waals surface area contributed by atoms with E-state index in [4.69, 9.17) is 4.74 Å². The summed E-state index contributed by atoms with van der Waals surface area (Å²) in [5.74, 6) is 0.664. The van der Waals surface area contributed by atoms with Gasteiger partial charge in [0.15, 0.2) is 0 Å². The Labute approximate surface area is 140 Å². The molecule has 1 aliphatic rings. The lowest BCUT2D eigenvalue weighted by atomic mass is 9.87. The summed E-state index contributed by atoms with van der Waals surface area (Å²) in [5, 5.41) is 15.1. The van der Waals surface area contributed by atoms with Crippen LogP contribution in [0.15, 0.2) is 24.3 Å². The smallest absolute Gasteiger partial charge is 0.315 e. The molecule has 0 saturated heterocycles. The van der Waals surface area contributed by atoms with Crippen molar-refractivity contribution >= 4 is 6.03 Å². The van der Waals surface area contributed by atoms with Gasteiger partial charge in [0.25, 0.3) is 6.43 Å². The van der Waals surface area contributed by atoms with Gasteiger partial charge in [-0.2, -0.15) is 0 Å². The Balaban J connectivity index is 1.70. The van der Waals surface area contributed by atoms with Gasteiger partial charge in [-0.1, -0.05) is 18.6 Å². The number of hydrogen-bond donors (Lipinski definition) is 3. The second-order valence-corrected chi connectivity index (χ2v) is 6.10. The summed E-state index contributed by atoms with van der Waals surface area (Å²) in [6.45, 7) is 0.177. The maximum Gasteiger partial charge on any atom is 0.315 e. The minimum Gasteiger partial charge on any atom is -0.488 e. The van der Waals surface area contributed by atoms with E-state index in [9.17, 15) is 18.7 Å². The third kappa shape index (κ3) is 6.70. The molecule has 1 aromatic rings.